The lowest BCUT2D eigenvalue weighted by molar-refractivity contribution is -0.00568. The summed E-state index contributed by atoms with van der Waals surface area (Å²) in [6.45, 7) is 7.97. The van der Waals surface area contributed by atoms with Gasteiger partial charge in [0, 0.05) is 6.04 Å². The van der Waals surface area contributed by atoms with Gasteiger partial charge in [-0.25, -0.2) is 0 Å². The zero-order valence-corrected chi connectivity index (χ0v) is 13.2. The molecule has 2 rings (SSSR count). The van der Waals surface area contributed by atoms with E-state index < -0.39 is 0 Å². The first kappa shape index (κ1) is 15.6. The van der Waals surface area contributed by atoms with Crippen molar-refractivity contribution in [1.82, 2.24) is 5.32 Å². The summed E-state index contributed by atoms with van der Waals surface area (Å²) in [7, 11) is 0. The van der Waals surface area contributed by atoms with Crippen LogP contribution < -0.4 is 5.32 Å². The average Bonchev–Trinajstić information content (AvgIpc) is 2.91. The Morgan fingerprint density at radius 2 is 2.10 bits per heavy atom. The molecular weight excluding hydrogens is 250 g/mol. The molecule has 0 aliphatic heterocycles. The molecule has 0 bridgehead atoms. The van der Waals surface area contributed by atoms with E-state index in [1.54, 1.807) is 0 Å². The summed E-state index contributed by atoms with van der Waals surface area (Å²) in [6.07, 6.45) is 6.83. The van der Waals surface area contributed by atoms with Crippen LogP contribution in [0.15, 0.2) is 16.5 Å². The molecule has 0 radical (unpaired) electrons. The molecule has 0 spiro atoms. The normalized spacial score (nSPS) is 23.4. The van der Waals surface area contributed by atoms with Gasteiger partial charge >= 0.3 is 0 Å². The fraction of sp³-hybridized carbons (Fsp3) is 0.765. The van der Waals surface area contributed by atoms with Crippen molar-refractivity contribution >= 4 is 0 Å². The molecule has 3 nitrogen and oxygen atoms in total. The first-order chi connectivity index (χ1) is 9.67. The molecule has 0 amide bonds. The molecule has 1 aliphatic rings. The van der Waals surface area contributed by atoms with Gasteiger partial charge in [-0.3, -0.25) is 0 Å². The highest BCUT2D eigenvalue weighted by molar-refractivity contribution is 5.06. The van der Waals surface area contributed by atoms with Gasteiger partial charge in [0.25, 0.3) is 0 Å². The van der Waals surface area contributed by atoms with Crippen molar-refractivity contribution in [3.8, 4) is 0 Å². The maximum absolute atomic E-state index is 6.03. The number of ether oxygens (including phenoxy) is 1. The van der Waals surface area contributed by atoms with Crippen LogP contribution in [0.3, 0.4) is 0 Å². The summed E-state index contributed by atoms with van der Waals surface area (Å²) in [5.74, 6) is 2.80. The van der Waals surface area contributed by atoms with Crippen LogP contribution in [-0.2, 0) is 17.9 Å². The summed E-state index contributed by atoms with van der Waals surface area (Å²) < 4.78 is 11.8. The van der Waals surface area contributed by atoms with Gasteiger partial charge in [-0.1, -0.05) is 40.0 Å². The molecule has 1 aromatic heterocycles. The maximum atomic E-state index is 6.03. The van der Waals surface area contributed by atoms with E-state index in [0.29, 0.717) is 18.8 Å². The second kappa shape index (κ2) is 7.84. The van der Waals surface area contributed by atoms with Crippen molar-refractivity contribution in [3.05, 3.63) is 23.7 Å². The van der Waals surface area contributed by atoms with Crippen molar-refractivity contribution in [2.75, 3.05) is 0 Å². The molecular formula is C17H29NO2. The van der Waals surface area contributed by atoms with Crippen LogP contribution in [0.4, 0.5) is 0 Å². The van der Waals surface area contributed by atoms with Crippen molar-refractivity contribution in [1.29, 1.82) is 0 Å². The third-order valence-electron chi connectivity index (χ3n) is 4.18. The Balaban J connectivity index is 1.73. The van der Waals surface area contributed by atoms with Gasteiger partial charge in [0.15, 0.2) is 0 Å². The van der Waals surface area contributed by atoms with Gasteiger partial charge < -0.3 is 14.5 Å². The Bertz CT molecular complexity index is 386. The zero-order valence-electron chi connectivity index (χ0n) is 13.2. The molecule has 2 atom stereocenters. The summed E-state index contributed by atoms with van der Waals surface area (Å²) in [4.78, 5) is 0. The lowest BCUT2D eigenvalue weighted by atomic mass is 9.85. The molecule has 114 valence electrons. The van der Waals surface area contributed by atoms with Gasteiger partial charge in [-0.2, -0.15) is 0 Å². The zero-order chi connectivity index (χ0) is 14.4. The van der Waals surface area contributed by atoms with Crippen molar-refractivity contribution in [3.63, 3.8) is 0 Å². The molecule has 0 aromatic carbocycles. The Hall–Kier alpha value is -0.800. The molecule has 1 saturated carbocycles. The Morgan fingerprint density at radius 1 is 1.30 bits per heavy atom. The molecule has 0 saturated heterocycles. The van der Waals surface area contributed by atoms with E-state index in [4.69, 9.17) is 9.15 Å². The minimum atomic E-state index is 0.427. The Morgan fingerprint density at radius 3 is 2.85 bits per heavy atom. The average molecular weight is 279 g/mol. The molecule has 1 fully saturated rings. The first-order valence-electron chi connectivity index (χ1n) is 8.10. The number of hydrogen-bond donors (Lipinski definition) is 1. The molecule has 2 unspecified atom stereocenters. The molecule has 1 N–H and O–H groups in total. The molecule has 3 heteroatoms. The number of nitrogens with one attached hydrogen (secondary N) is 1. The van der Waals surface area contributed by atoms with Crippen molar-refractivity contribution in [2.45, 2.75) is 78.2 Å². The largest absolute Gasteiger partial charge is 0.462 e. The number of furan rings is 1. The van der Waals surface area contributed by atoms with E-state index in [1.165, 1.54) is 32.1 Å². The fourth-order valence-electron chi connectivity index (χ4n) is 2.86. The lowest BCUT2D eigenvalue weighted by Gasteiger charge is -2.28. The monoisotopic (exact) mass is 279 g/mol. The standard InChI is InChI=1S/C17H29NO2/c1-4-14-6-5-7-15(10-14)19-12-17-9-8-16(20-17)11-18-13(2)3/h8-9,13-15,18H,4-7,10-12H2,1-3H3. The van der Waals surface area contributed by atoms with E-state index in [9.17, 15) is 0 Å². The lowest BCUT2D eigenvalue weighted by Crippen LogP contribution is -2.22. The van der Waals surface area contributed by atoms with Gasteiger partial charge in [-0.15, -0.1) is 0 Å². The van der Waals surface area contributed by atoms with Crippen LogP contribution in [0, 0.1) is 5.92 Å². The number of rotatable bonds is 7. The van der Waals surface area contributed by atoms with Gasteiger partial charge in [0.1, 0.15) is 18.1 Å². The third-order valence-corrected chi connectivity index (χ3v) is 4.18. The Kier molecular flexibility index (Phi) is 6.11. The van der Waals surface area contributed by atoms with Crippen LogP contribution in [-0.4, -0.2) is 12.1 Å². The molecule has 20 heavy (non-hydrogen) atoms. The predicted octanol–water partition coefficient (Wildman–Crippen LogP) is 4.26. The minimum Gasteiger partial charge on any atom is -0.462 e. The molecule has 1 aliphatic carbocycles. The van der Waals surface area contributed by atoms with Crippen LogP contribution in [0.2, 0.25) is 0 Å². The smallest absolute Gasteiger partial charge is 0.129 e. The third kappa shape index (κ3) is 4.95. The van der Waals surface area contributed by atoms with Crippen LogP contribution in [0.25, 0.3) is 0 Å². The van der Waals surface area contributed by atoms with Crippen LogP contribution >= 0.6 is 0 Å². The highest BCUT2D eigenvalue weighted by Gasteiger charge is 2.21. The molecule has 1 aromatic rings. The molecule has 1 heterocycles. The summed E-state index contributed by atoms with van der Waals surface area (Å²) in [6, 6.07) is 4.56. The summed E-state index contributed by atoms with van der Waals surface area (Å²) in [5.41, 5.74) is 0. The minimum absolute atomic E-state index is 0.427. The van der Waals surface area contributed by atoms with E-state index in [2.05, 4.69) is 26.1 Å². The fourth-order valence-corrected chi connectivity index (χ4v) is 2.86. The SMILES string of the molecule is CCC1CCCC(OCc2ccc(CNC(C)C)o2)C1. The van der Waals surface area contributed by atoms with E-state index in [1.807, 2.05) is 12.1 Å². The Labute approximate surface area is 123 Å². The predicted molar refractivity (Wildman–Crippen MR) is 81.5 cm³/mol. The summed E-state index contributed by atoms with van der Waals surface area (Å²) >= 11 is 0. The van der Waals surface area contributed by atoms with E-state index >= 15 is 0 Å². The highest BCUT2D eigenvalue weighted by Crippen LogP contribution is 2.29. The van der Waals surface area contributed by atoms with Crippen LogP contribution in [0.5, 0.6) is 0 Å². The first-order valence-corrected chi connectivity index (χ1v) is 8.10. The number of hydrogen-bond acceptors (Lipinski definition) is 3. The van der Waals surface area contributed by atoms with E-state index in [-0.39, 0.29) is 0 Å². The second-order valence-corrected chi connectivity index (χ2v) is 6.28. The summed E-state index contributed by atoms with van der Waals surface area (Å²) in [5, 5.41) is 3.36. The van der Waals surface area contributed by atoms with E-state index in [0.717, 1.165) is 24.0 Å². The van der Waals surface area contributed by atoms with Crippen molar-refractivity contribution < 1.29 is 9.15 Å². The van der Waals surface area contributed by atoms with Crippen LogP contribution in [0.1, 0.15) is 64.4 Å². The second-order valence-electron chi connectivity index (χ2n) is 6.28. The maximum Gasteiger partial charge on any atom is 0.129 e. The van der Waals surface area contributed by atoms with Gasteiger partial charge in [0.05, 0.1) is 12.6 Å². The van der Waals surface area contributed by atoms with Gasteiger partial charge in [0.2, 0.25) is 0 Å². The van der Waals surface area contributed by atoms with Crippen molar-refractivity contribution in [2.24, 2.45) is 5.92 Å². The highest BCUT2D eigenvalue weighted by atomic mass is 16.5. The topological polar surface area (TPSA) is 34.4 Å². The quantitative estimate of drug-likeness (QED) is 0.809. The van der Waals surface area contributed by atoms with Gasteiger partial charge in [-0.05, 0) is 30.9 Å².